The summed E-state index contributed by atoms with van der Waals surface area (Å²) >= 11 is 1.13. The van der Waals surface area contributed by atoms with Crippen LogP contribution in [0.3, 0.4) is 0 Å². The minimum atomic E-state index is -0.130. The average molecular weight is 303 g/mol. The number of nitrogen functional groups attached to an aromatic ring is 1. The Morgan fingerprint density at radius 1 is 1.38 bits per heavy atom. The number of nitrogens with zero attached hydrogens (tertiary/aromatic N) is 3. The summed E-state index contributed by atoms with van der Waals surface area (Å²) in [6, 6.07) is 5.30. The predicted molar refractivity (Wildman–Crippen MR) is 81.2 cm³/mol. The van der Waals surface area contributed by atoms with Crippen molar-refractivity contribution in [2.45, 2.75) is 31.8 Å². The molecule has 1 atom stereocenters. The number of anilines is 1. The first-order chi connectivity index (χ1) is 9.88. The van der Waals surface area contributed by atoms with Crippen LogP contribution in [0, 0.1) is 28.6 Å². The van der Waals surface area contributed by atoms with Gasteiger partial charge in [-0.1, -0.05) is 25.6 Å². The molecule has 7 heteroatoms. The number of pyridine rings is 1. The van der Waals surface area contributed by atoms with Crippen LogP contribution in [0.5, 0.6) is 0 Å². The number of carbonyl (C=O) groups excluding carboxylic acids is 1. The van der Waals surface area contributed by atoms with Crippen molar-refractivity contribution < 1.29 is 4.79 Å². The van der Waals surface area contributed by atoms with E-state index >= 15 is 0 Å². The van der Waals surface area contributed by atoms with Crippen LogP contribution >= 0.6 is 11.8 Å². The van der Waals surface area contributed by atoms with Crippen molar-refractivity contribution in [1.29, 1.82) is 10.5 Å². The number of nitrogens with one attached hydrogen (secondary N) is 1. The zero-order valence-corrected chi connectivity index (χ0v) is 13.0. The van der Waals surface area contributed by atoms with Gasteiger partial charge in [0.2, 0.25) is 5.91 Å². The normalized spacial score (nSPS) is 11.5. The van der Waals surface area contributed by atoms with Gasteiger partial charge in [-0.2, -0.15) is 10.5 Å². The van der Waals surface area contributed by atoms with Gasteiger partial charge in [0.05, 0.1) is 16.9 Å². The van der Waals surface area contributed by atoms with Gasteiger partial charge in [0.25, 0.3) is 0 Å². The molecular weight excluding hydrogens is 286 g/mol. The van der Waals surface area contributed by atoms with Crippen LogP contribution in [0.2, 0.25) is 0 Å². The zero-order chi connectivity index (χ0) is 16.0. The number of amides is 1. The highest BCUT2D eigenvalue weighted by molar-refractivity contribution is 8.00. The molecule has 0 spiro atoms. The Labute approximate surface area is 128 Å². The van der Waals surface area contributed by atoms with E-state index in [2.05, 4.69) is 10.3 Å². The largest absolute Gasteiger partial charge is 0.383 e. The quantitative estimate of drug-likeness (QED) is 0.799. The summed E-state index contributed by atoms with van der Waals surface area (Å²) in [5.41, 5.74) is 6.03. The summed E-state index contributed by atoms with van der Waals surface area (Å²) < 4.78 is 0. The molecule has 0 saturated carbocycles. The van der Waals surface area contributed by atoms with Crippen LogP contribution in [-0.4, -0.2) is 22.7 Å². The summed E-state index contributed by atoms with van der Waals surface area (Å²) in [7, 11) is 0. The van der Waals surface area contributed by atoms with Crippen LogP contribution in [0.25, 0.3) is 0 Å². The molecule has 0 aliphatic carbocycles. The highest BCUT2D eigenvalue weighted by Gasteiger charge is 2.14. The second kappa shape index (κ2) is 7.51. The van der Waals surface area contributed by atoms with Gasteiger partial charge < -0.3 is 11.1 Å². The molecule has 3 N–H and O–H groups in total. The maximum Gasteiger partial charge on any atom is 0.230 e. The number of nitrogens with two attached hydrogens (primary N) is 1. The van der Waals surface area contributed by atoms with Gasteiger partial charge in [0, 0.05) is 6.04 Å². The molecule has 1 aromatic rings. The van der Waals surface area contributed by atoms with Crippen LogP contribution in [-0.2, 0) is 4.79 Å². The fourth-order valence-electron chi connectivity index (χ4n) is 1.39. The highest BCUT2D eigenvalue weighted by Crippen LogP contribution is 2.23. The molecule has 0 radical (unpaired) electrons. The molecule has 0 saturated heterocycles. The molecule has 110 valence electrons. The Morgan fingerprint density at radius 2 is 2.00 bits per heavy atom. The van der Waals surface area contributed by atoms with Gasteiger partial charge in [-0.15, -0.1) is 0 Å². The molecule has 1 amide bonds. The number of hydrogen-bond donors (Lipinski definition) is 2. The number of aromatic nitrogens is 1. The monoisotopic (exact) mass is 303 g/mol. The van der Waals surface area contributed by atoms with Crippen LogP contribution in [0.4, 0.5) is 5.82 Å². The molecule has 1 rings (SSSR count). The van der Waals surface area contributed by atoms with E-state index in [0.717, 1.165) is 11.8 Å². The molecule has 0 unspecified atom stereocenters. The first kappa shape index (κ1) is 16.8. The lowest BCUT2D eigenvalue weighted by molar-refractivity contribution is -0.119. The van der Waals surface area contributed by atoms with E-state index in [0.29, 0.717) is 10.9 Å². The summed E-state index contributed by atoms with van der Waals surface area (Å²) in [5, 5.41) is 21.1. The number of hydrogen-bond acceptors (Lipinski definition) is 6. The Kier molecular flexibility index (Phi) is 6.01. The van der Waals surface area contributed by atoms with Crippen molar-refractivity contribution in [3.05, 3.63) is 17.2 Å². The zero-order valence-electron chi connectivity index (χ0n) is 12.2. The molecule has 1 heterocycles. The molecule has 21 heavy (non-hydrogen) atoms. The van der Waals surface area contributed by atoms with Gasteiger partial charge in [-0.05, 0) is 18.9 Å². The topological polar surface area (TPSA) is 116 Å². The smallest absolute Gasteiger partial charge is 0.230 e. The van der Waals surface area contributed by atoms with Gasteiger partial charge in [0.15, 0.2) is 0 Å². The van der Waals surface area contributed by atoms with Crippen molar-refractivity contribution in [2.24, 2.45) is 5.92 Å². The fourth-order valence-corrected chi connectivity index (χ4v) is 2.16. The fraction of sp³-hybridized carbons (Fsp3) is 0.429. The Morgan fingerprint density at radius 3 is 2.52 bits per heavy atom. The summed E-state index contributed by atoms with van der Waals surface area (Å²) in [6.45, 7) is 5.98. The lowest BCUT2D eigenvalue weighted by Crippen LogP contribution is -2.37. The van der Waals surface area contributed by atoms with Gasteiger partial charge in [-0.25, -0.2) is 4.98 Å². The number of nitriles is 2. The molecule has 0 aromatic carbocycles. The first-order valence-electron chi connectivity index (χ1n) is 6.41. The van der Waals surface area contributed by atoms with E-state index in [-0.39, 0.29) is 34.6 Å². The maximum absolute atomic E-state index is 11.8. The minimum absolute atomic E-state index is 0.0648. The van der Waals surface area contributed by atoms with Crippen molar-refractivity contribution in [3.63, 3.8) is 0 Å². The number of carbonyl (C=O) groups is 1. The van der Waals surface area contributed by atoms with Crippen molar-refractivity contribution in [3.8, 4) is 12.1 Å². The van der Waals surface area contributed by atoms with Crippen LogP contribution in [0.15, 0.2) is 11.1 Å². The van der Waals surface area contributed by atoms with Crippen molar-refractivity contribution in [1.82, 2.24) is 10.3 Å². The Bertz CT molecular complexity index is 615. The average Bonchev–Trinajstić information content (AvgIpc) is 2.44. The second-order valence-electron chi connectivity index (χ2n) is 4.89. The summed E-state index contributed by atoms with van der Waals surface area (Å²) in [6.07, 6.45) is 0. The lowest BCUT2D eigenvalue weighted by atomic mass is 10.1. The predicted octanol–water partition coefficient (Wildman–Crippen LogP) is 1.66. The van der Waals surface area contributed by atoms with Crippen LogP contribution < -0.4 is 11.1 Å². The molecule has 0 fully saturated rings. The maximum atomic E-state index is 11.8. The third kappa shape index (κ3) is 4.66. The molecule has 0 bridgehead atoms. The number of thioether (sulfide) groups is 1. The van der Waals surface area contributed by atoms with Crippen molar-refractivity contribution in [2.75, 3.05) is 11.5 Å². The first-order valence-corrected chi connectivity index (χ1v) is 7.40. The Balaban J connectivity index is 2.77. The molecule has 0 aliphatic rings. The van der Waals surface area contributed by atoms with E-state index in [4.69, 9.17) is 16.3 Å². The minimum Gasteiger partial charge on any atom is -0.383 e. The highest BCUT2D eigenvalue weighted by atomic mass is 32.2. The van der Waals surface area contributed by atoms with E-state index < -0.39 is 0 Å². The van der Waals surface area contributed by atoms with E-state index in [1.54, 1.807) is 0 Å². The van der Waals surface area contributed by atoms with Crippen molar-refractivity contribution >= 4 is 23.5 Å². The molecular formula is C14H17N5OS. The molecule has 6 nitrogen and oxygen atoms in total. The third-order valence-electron chi connectivity index (χ3n) is 2.99. The molecule has 1 aromatic heterocycles. The third-order valence-corrected chi connectivity index (χ3v) is 3.98. The van der Waals surface area contributed by atoms with E-state index in [1.807, 2.05) is 32.9 Å². The second-order valence-corrected chi connectivity index (χ2v) is 5.85. The van der Waals surface area contributed by atoms with Gasteiger partial charge >= 0.3 is 0 Å². The van der Waals surface area contributed by atoms with E-state index in [1.165, 1.54) is 6.07 Å². The summed E-state index contributed by atoms with van der Waals surface area (Å²) in [5.74, 6) is 0.423. The standard InChI is InChI=1S/C14H17N5OS/c1-8(2)9(3)18-12(20)7-21-14-11(6-16)4-10(5-15)13(17)19-14/h4,8-9H,7H2,1-3H3,(H2,17,19)(H,18,20)/t9-/m1/s1. The SMILES string of the molecule is CC(C)[C@@H](C)NC(=O)CSc1nc(N)c(C#N)cc1C#N. The van der Waals surface area contributed by atoms with Crippen LogP contribution in [0.1, 0.15) is 31.9 Å². The summed E-state index contributed by atoms with van der Waals surface area (Å²) in [4.78, 5) is 15.8. The molecule has 0 aliphatic heterocycles. The van der Waals surface area contributed by atoms with Gasteiger partial charge in [0.1, 0.15) is 23.0 Å². The number of rotatable bonds is 5. The lowest BCUT2D eigenvalue weighted by Gasteiger charge is -2.17. The van der Waals surface area contributed by atoms with E-state index in [9.17, 15) is 4.79 Å². The Hall–Kier alpha value is -2.25. The van der Waals surface area contributed by atoms with Gasteiger partial charge in [-0.3, -0.25) is 4.79 Å².